The average molecular weight is 447 g/mol. The van der Waals surface area contributed by atoms with Crippen LogP contribution in [0.2, 0.25) is 0 Å². The fraction of sp³-hybridized carbons (Fsp3) is 0.417. The minimum atomic E-state index is -0.0525. The molecular formula is C24H34N2O6. The first-order chi connectivity index (χ1) is 15.3. The van der Waals surface area contributed by atoms with Crippen molar-refractivity contribution in [2.24, 2.45) is 0 Å². The lowest BCUT2D eigenvalue weighted by Crippen LogP contribution is -2.30. The van der Waals surface area contributed by atoms with E-state index in [4.69, 9.17) is 9.47 Å². The number of benzene rings is 2. The van der Waals surface area contributed by atoms with Crippen LogP contribution in [0.1, 0.15) is 48.4 Å². The van der Waals surface area contributed by atoms with Crippen LogP contribution in [0, 0.1) is 0 Å². The van der Waals surface area contributed by atoms with Crippen LogP contribution in [0.4, 0.5) is 0 Å². The summed E-state index contributed by atoms with van der Waals surface area (Å²) in [7, 11) is 2.92. The lowest BCUT2D eigenvalue weighted by molar-refractivity contribution is 0.0764. The van der Waals surface area contributed by atoms with Crippen LogP contribution in [0.15, 0.2) is 36.4 Å². The first-order valence-corrected chi connectivity index (χ1v) is 10.6. The van der Waals surface area contributed by atoms with Gasteiger partial charge in [-0.2, -0.15) is 0 Å². The van der Waals surface area contributed by atoms with Crippen LogP contribution in [-0.2, 0) is 0 Å². The molecule has 0 bridgehead atoms. The number of aromatic hydroxyl groups is 2. The van der Waals surface area contributed by atoms with Gasteiger partial charge in [0.05, 0.1) is 14.2 Å². The number of phenols is 2. The number of methoxy groups -OCH3 is 2. The Morgan fingerprint density at radius 3 is 1.25 bits per heavy atom. The highest BCUT2D eigenvalue weighted by Crippen LogP contribution is 2.27. The Hall–Kier alpha value is -3.42. The van der Waals surface area contributed by atoms with E-state index >= 15 is 0 Å². The van der Waals surface area contributed by atoms with Crippen molar-refractivity contribution in [1.29, 1.82) is 0 Å². The predicted octanol–water partition coefficient (Wildman–Crippen LogP) is 3.77. The molecule has 0 aliphatic carbocycles. The average Bonchev–Trinajstić information content (AvgIpc) is 2.81. The summed E-state index contributed by atoms with van der Waals surface area (Å²) >= 11 is 0. The van der Waals surface area contributed by atoms with E-state index in [0.717, 1.165) is 0 Å². The van der Waals surface area contributed by atoms with E-state index < -0.39 is 0 Å². The van der Waals surface area contributed by atoms with Gasteiger partial charge in [-0.1, -0.05) is 0 Å². The van der Waals surface area contributed by atoms with Crippen molar-refractivity contribution in [1.82, 2.24) is 9.80 Å². The van der Waals surface area contributed by atoms with E-state index in [0.29, 0.717) is 48.8 Å². The summed E-state index contributed by atoms with van der Waals surface area (Å²) in [4.78, 5) is 27.4. The van der Waals surface area contributed by atoms with Crippen LogP contribution in [0.5, 0.6) is 23.0 Å². The van der Waals surface area contributed by atoms with Crippen molar-refractivity contribution in [3.05, 3.63) is 47.5 Å². The summed E-state index contributed by atoms with van der Waals surface area (Å²) in [6.07, 6.45) is 0. The summed E-state index contributed by atoms with van der Waals surface area (Å²) in [5, 5.41) is 18.8. The van der Waals surface area contributed by atoms with Gasteiger partial charge in [0.15, 0.2) is 23.0 Å². The van der Waals surface area contributed by atoms with Crippen molar-refractivity contribution in [2.45, 2.75) is 27.7 Å². The number of ether oxygens (including phenoxy) is 2. The summed E-state index contributed by atoms with van der Waals surface area (Å²) < 4.78 is 9.92. The molecule has 0 aliphatic heterocycles. The monoisotopic (exact) mass is 446 g/mol. The summed E-state index contributed by atoms with van der Waals surface area (Å²) in [6.45, 7) is 10.4. The van der Waals surface area contributed by atoms with E-state index in [1.807, 2.05) is 27.7 Å². The summed E-state index contributed by atoms with van der Waals surface area (Å²) in [6, 6.07) is 9.23. The number of amides is 2. The Labute approximate surface area is 190 Å². The third-order valence-electron chi connectivity index (χ3n) is 4.95. The molecule has 32 heavy (non-hydrogen) atoms. The fourth-order valence-corrected chi connectivity index (χ4v) is 3.01. The Morgan fingerprint density at radius 2 is 1.00 bits per heavy atom. The zero-order valence-electron chi connectivity index (χ0n) is 19.7. The minimum Gasteiger partial charge on any atom is -0.504 e. The number of carbonyl (C=O) groups excluding carboxylic acids is 2. The van der Waals surface area contributed by atoms with E-state index in [1.54, 1.807) is 34.1 Å². The van der Waals surface area contributed by atoms with Gasteiger partial charge in [0, 0.05) is 37.3 Å². The van der Waals surface area contributed by atoms with Gasteiger partial charge in [0.2, 0.25) is 0 Å². The molecule has 0 atom stereocenters. The number of phenolic OH excluding ortho intramolecular Hbond substituents is 2. The molecule has 0 aromatic heterocycles. The second-order valence-corrected chi connectivity index (χ2v) is 6.73. The van der Waals surface area contributed by atoms with Crippen molar-refractivity contribution >= 4 is 11.8 Å². The number of rotatable bonds is 8. The van der Waals surface area contributed by atoms with Crippen molar-refractivity contribution in [3.63, 3.8) is 0 Å². The standard InChI is InChI=1S/2C12H17NO3/c2*1-4-13(5-2)12(15)9-6-7-10(14)11(8-9)16-3/h2*6-8,14H,4-5H2,1-3H3. The molecule has 0 fully saturated rings. The molecule has 2 N–H and O–H groups in total. The first-order valence-electron chi connectivity index (χ1n) is 10.6. The normalized spacial score (nSPS) is 9.94. The Morgan fingerprint density at radius 1 is 0.688 bits per heavy atom. The largest absolute Gasteiger partial charge is 0.504 e. The third-order valence-corrected chi connectivity index (χ3v) is 4.95. The zero-order chi connectivity index (χ0) is 24.3. The molecule has 0 unspecified atom stereocenters. The molecular weight excluding hydrogens is 412 g/mol. The molecule has 0 spiro atoms. The molecule has 2 rings (SSSR count). The number of hydrogen-bond donors (Lipinski definition) is 2. The molecule has 0 heterocycles. The van der Waals surface area contributed by atoms with Gasteiger partial charge in [-0.05, 0) is 64.1 Å². The second-order valence-electron chi connectivity index (χ2n) is 6.73. The van der Waals surface area contributed by atoms with Gasteiger partial charge in [-0.15, -0.1) is 0 Å². The molecule has 0 aliphatic rings. The minimum absolute atomic E-state index is 0.0404. The highest BCUT2D eigenvalue weighted by Gasteiger charge is 2.15. The van der Waals surface area contributed by atoms with Crippen molar-refractivity contribution in [2.75, 3.05) is 40.4 Å². The van der Waals surface area contributed by atoms with Crippen LogP contribution in [0.3, 0.4) is 0 Å². The van der Waals surface area contributed by atoms with Gasteiger partial charge in [0.25, 0.3) is 11.8 Å². The van der Waals surface area contributed by atoms with E-state index in [-0.39, 0.29) is 23.3 Å². The molecule has 0 saturated carbocycles. The topological polar surface area (TPSA) is 99.5 Å². The first kappa shape index (κ1) is 26.6. The lowest BCUT2D eigenvalue weighted by Gasteiger charge is -2.18. The molecule has 2 aromatic carbocycles. The van der Waals surface area contributed by atoms with Crippen LogP contribution in [-0.4, -0.2) is 72.2 Å². The van der Waals surface area contributed by atoms with Crippen LogP contribution >= 0.6 is 0 Å². The Kier molecular flexibility index (Phi) is 10.9. The highest BCUT2D eigenvalue weighted by atomic mass is 16.5. The van der Waals surface area contributed by atoms with Crippen LogP contribution in [0.25, 0.3) is 0 Å². The quantitative estimate of drug-likeness (QED) is 0.640. The van der Waals surface area contributed by atoms with Crippen LogP contribution < -0.4 is 9.47 Å². The van der Waals surface area contributed by atoms with E-state index in [2.05, 4.69) is 0 Å². The summed E-state index contributed by atoms with van der Waals surface area (Å²) in [5.74, 6) is 0.611. The molecule has 2 amide bonds. The van der Waals surface area contributed by atoms with Gasteiger partial charge < -0.3 is 29.5 Å². The third kappa shape index (κ3) is 6.80. The number of nitrogens with zero attached hydrogens (tertiary/aromatic N) is 2. The van der Waals surface area contributed by atoms with Crippen molar-refractivity contribution < 1.29 is 29.3 Å². The highest BCUT2D eigenvalue weighted by molar-refractivity contribution is 5.95. The predicted molar refractivity (Wildman–Crippen MR) is 124 cm³/mol. The molecule has 2 aromatic rings. The second kappa shape index (κ2) is 13.1. The molecule has 8 heteroatoms. The lowest BCUT2D eigenvalue weighted by atomic mass is 10.1. The Balaban J connectivity index is 0.000000320. The van der Waals surface area contributed by atoms with Gasteiger partial charge in [0.1, 0.15) is 0 Å². The summed E-state index contributed by atoms with van der Waals surface area (Å²) in [5.41, 5.74) is 1.05. The number of hydrogen-bond acceptors (Lipinski definition) is 6. The van der Waals surface area contributed by atoms with E-state index in [9.17, 15) is 19.8 Å². The molecule has 8 nitrogen and oxygen atoms in total. The maximum atomic E-state index is 12.0. The molecule has 176 valence electrons. The number of carbonyl (C=O) groups is 2. The maximum Gasteiger partial charge on any atom is 0.253 e. The van der Waals surface area contributed by atoms with E-state index in [1.165, 1.54) is 26.4 Å². The smallest absolute Gasteiger partial charge is 0.253 e. The maximum absolute atomic E-state index is 12.0. The van der Waals surface area contributed by atoms with Gasteiger partial charge >= 0.3 is 0 Å². The molecule has 0 radical (unpaired) electrons. The van der Waals surface area contributed by atoms with Crippen molar-refractivity contribution in [3.8, 4) is 23.0 Å². The Bertz CT molecular complexity index is 819. The fourth-order valence-electron chi connectivity index (χ4n) is 3.01. The SMILES string of the molecule is CCN(CC)C(=O)c1ccc(O)c(OC)c1.CCN(CC)C(=O)c1ccc(O)c(OC)c1. The van der Waals surface area contributed by atoms with Gasteiger partial charge in [-0.25, -0.2) is 0 Å². The zero-order valence-corrected chi connectivity index (χ0v) is 19.7. The van der Waals surface area contributed by atoms with Gasteiger partial charge in [-0.3, -0.25) is 9.59 Å². The molecule has 0 saturated heterocycles.